The molecule has 2 atom stereocenters. The Morgan fingerprint density at radius 3 is 2.77 bits per heavy atom. The first-order valence-electron chi connectivity index (χ1n) is 10.6. The molecule has 0 bridgehead atoms. The van der Waals surface area contributed by atoms with E-state index in [-0.39, 0.29) is 12.1 Å². The van der Waals surface area contributed by atoms with Crippen LogP contribution in [0.1, 0.15) is 29.6 Å². The molecule has 2 unspecified atom stereocenters. The predicted molar refractivity (Wildman–Crippen MR) is 117 cm³/mol. The zero-order valence-corrected chi connectivity index (χ0v) is 17.6. The standard InChI is InChI=1S/C23H24N6O2/c1-13-20(14(2)31-27-13)16-6-7-18-21-22(16)30-12-19(17-5-3-4-9-25-17)29(21)23(26-18)28-10-8-15(24)11-28/h3-7,9,15,19H,8,10-12,24H2,1-2H3. The van der Waals surface area contributed by atoms with E-state index in [2.05, 4.69) is 31.7 Å². The number of nitrogens with two attached hydrogens (primary N) is 1. The largest absolute Gasteiger partial charge is 0.488 e. The summed E-state index contributed by atoms with van der Waals surface area (Å²) in [5.41, 5.74) is 11.9. The van der Waals surface area contributed by atoms with E-state index in [9.17, 15) is 0 Å². The number of nitrogens with zero attached hydrogens (tertiary/aromatic N) is 5. The van der Waals surface area contributed by atoms with Gasteiger partial charge in [0.25, 0.3) is 0 Å². The number of anilines is 1. The molecule has 0 radical (unpaired) electrons. The van der Waals surface area contributed by atoms with E-state index in [1.54, 1.807) is 0 Å². The minimum absolute atomic E-state index is 0.0644. The van der Waals surface area contributed by atoms with Crippen molar-refractivity contribution in [2.24, 2.45) is 5.73 Å². The van der Waals surface area contributed by atoms with Crippen LogP contribution in [0.2, 0.25) is 0 Å². The second-order valence-electron chi connectivity index (χ2n) is 8.37. The third-order valence-electron chi connectivity index (χ3n) is 6.32. The maximum Gasteiger partial charge on any atom is 0.207 e. The van der Waals surface area contributed by atoms with Crippen LogP contribution in [0.5, 0.6) is 5.75 Å². The fourth-order valence-electron chi connectivity index (χ4n) is 4.87. The van der Waals surface area contributed by atoms with Gasteiger partial charge in [-0.15, -0.1) is 0 Å². The van der Waals surface area contributed by atoms with Crippen molar-refractivity contribution >= 4 is 17.0 Å². The lowest BCUT2D eigenvalue weighted by Crippen LogP contribution is -2.31. The van der Waals surface area contributed by atoms with Crippen molar-refractivity contribution in [3.8, 4) is 16.9 Å². The number of imidazole rings is 1. The molecule has 2 aliphatic rings. The molecule has 0 aliphatic carbocycles. The van der Waals surface area contributed by atoms with Crippen LogP contribution in [0.15, 0.2) is 41.1 Å². The van der Waals surface area contributed by atoms with E-state index >= 15 is 0 Å². The molecule has 1 aromatic carbocycles. The summed E-state index contributed by atoms with van der Waals surface area (Å²) in [6, 6.07) is 10.2. The van der Waals surface area contributed by atoms with Gasteiger partial charge in [0.15, 0.2) is 5.75 Å². The molecule has 5 heterocycles. The molecule has 3 aromatic heterocycles. The Kier molecular flexibility index (Phi) is 4.04. The number of aromatic nitrogens is 4. The SMILES string of the molecule is Cc1noc(C)c1-c1ccc2nc(N3CCC(N)C3)n3c2c1OCC3c1ccccn1. The van der Waals surface area contributed by atoms with Gasteiger partial charge in [-0.05, 0) is 44.5 Å². The van der Waals surface area contributed by atoms with Crippen LogP contribution in [0.25, 0.3) is 22.2 Å². The van der Waals surface area contributed by atoms with Gasteiger partial charge in [-0.25, -0.2) is 4.98 Å². The van der Waals surface area contributed by atoms with Gasteiger partial charge in [0, 0.05) is 30.9 Å². The number of hydrogen-bond acceptors (Lipinski definition) is 7. The van der Waals surface area contributed by atoms with Crippen LogP contribution < -0.4 is 15.4 Å². The van der Waals surface area contributed by atoms with Gasteiger partial charge in [0.1, 0.15) is 23.9 Å². The Balaban J connectivity index is 1.62. The highest BCUT2D eigenvalue weighted by Crippen LogP contribution is 2.45. The Morgan fingerprint density at radius 1 is 1.16 bits per heavy atom. The lowest BCUT2D eigenvalue weighted by atomic mass is 10.0. The highest BCUT2D eigenvalue weighted by Gasteiger charge is 2.34. The highest BCUT2D eigenvalue weighted by molar-refractivity contribution is 5.94. The highest BCUT2D eigenvalue weighted by atomic mass is 16.5. The van der Waals surface area contributed by atoms with Crippen molar-refractivity contribution in [2.45, 2.75) is 32.4 Å². The molecule has 1 fully saturated rings. The van der Waals surface area contributed by atoms with Gasteiger partial charge in [-0.3, -0.25) is 9.55 Å². The second kappa shape index (κ2) is 6.81. The average molecular weight is 416 g/mol. The van der Waals surface area contributed by atoms with Gasteiger partial charge in [0.05, 0.1) is 22.5 Å². The molecule has 8 heteroatoms. The van der Waals surface area contributed by atoms with Gasteiger partial charge >= 0.3 is 0 Å². The van der Waals surface area contributed by atoms with Crippen molar-refractivity contribution in [3.05, 3.63) is 53.7 Å². The van der Waals surface area contributed by atoms with Crippen molar-refractivity contribution in [1.82, 2.24) is 19.7 Å². The topological polar surface area (TPSA) is 95.2 Å². The first kappa shape index (κ1) is 18.4. The Bertz CT molecular complexity index is 1260. The normalized spacial score (nSPS) is 20.4. The molecule has 0 saturated carbocycles. The molecular weight excluding hydrogens is 392 g/mol. The van der Waals surface area contributed by atoms with E-state index in [1.165, 1.54) is 0 Å². The molecule has 6 rings (SSSR count). The second-order valence-corrected chi connectivity index (χ2v) is 8.37. The third kappa shape index (κ3) is 2.75. The summed E-state index contributed by atoms with van der Waals surface area (Å²) in [7, 11) is 0. The molecule has 0 amide bonds. The van der Waals surface area contributed by atoms with Gasteiger partial charge < -0.3 is 19.9 Å². The molecular formula is C23H24N6O2. The minimum Gasteiger partial charge on any atom is -0.488 e. The van der Waals surface area contributed by atoms with E-state index in [4.69, 9.17) is 20.0 Å². The summed E-state index contributed by atoms with van der Waals surface area (Å²) in [5, 5.41) is 4.14. The number of hydrogen-bond donors (Lipinski definition) is 1. The average Bonchev–Trinajstić information content (AvgIpc) is 3.48. The predicted octanol–water partition coefficient (Wildman–Crippen LogP) is 3.22. The van der Waals surface area contributed by atoms with Crippen LogP contribution in [0, 0.1) is 13.8 Å². The van der Waals surface area contributed by atoms with E-state index in [0.717, 1.165) is 70.5 Å². The maximum absolute atomic E-state index is 6.41. The monoisotopic (exact) mass is 416 g/mol. The summed E-state index contributed by atoms with van der Waals surface area (Å²) in [4.78, 5) is 11.9. The number of pyridine rings is 1. The lowest BCUT2D eigenvalue weighted by Gasteiger charge is -2.30. The van der Waals surface area contributed by atoms with Crippen LogP contribution in [-0.2, 0) is 0 Å². The zero-order chi connectivity index (χ0) is 21.1. The number of benzene rings is 1. The molecule has 31 heavy (non-hydrogen) atoms. The molecule has 1 saturated heterocycles. The van der Waals surface area contributed by atoms with Crippen LogP contribution in [-0.4, -0.2) is 45.4 Å². The van der Waals surface area contributed by atoms with Crippen molar-refractivity contribution in [1.29, 1.82) is 0 Å². The smallest absolute Gasteiger partial charge is 0.207 e. The number of aryl methyl sites for hydroxylation is 2. The van der Waals surface area contributed by atoms with Crippen LogP contribution in [0.4, 0.5) is 5.95 Å². The van der Waals surface area contributed by atoms with Crippen LogP contribution in [0.3, 0.4) is 0 Å². The van der Waals surface area contributed by atoms with Crippen molar-refractivity contribution < 1.29 is 9.26 Å². The van der Waals surface area contributed by atoms with Crippen molar-refractivity contribution in [2.75, 3.05) is 24.6 Å². The fraction of sp³-hybridized carbons (Fsp3) is 0.348. The summed E-state index contributed by atoms with van der Waals surface area (Å²) in [6.45, 7) is 6.05. The molecule has 158 valence electrons. The Labute approximate surface area is 179 Å². The first-order chi connectivity index (χ1) is 15.1. The maximum atomic E-state index is 6.41. The molecule has 2 N–H and O–H groups in total. The molecule has 0 spiro atoms. The fourth-order valence-corrected chi connectivity index (χ4v) is 4.87. The van der Waals surface area contributed by atoms with Gasteiger partial charge in [0.2, 0.25) is 5.95 Å². The first-order valence-corrected chi connectivity index (χ1v) is 10.6. The minimum atomic E-state index is -0.0644. The Morgan fingerprint density at radius 2 is 2.06 bits per heavy atom. The molecule has 4 aromatic rings. The van der Waals surface area contributed by atoms with Gasteiger partial charge in [-0.2, -0.15) is 0 Å². The number of rotatable bonds is 3. The summed E-state index contributed by atoms with van der Waals surface area (Å²) in [6.07, 6.45) is 2.79. The quantitative estimate of drug-likeness (QED) is 0.548. The van der Waals surface area contributed by atoms with Gasteiger partial charge in [-0.1, -0.05) is 11.2 Å². The van der Waals surface area contributed by atoms with E-state index < -0.39 is 0 Å². The lowest BCUT2D eigenvalue weighted by molar-refractivity contribution is 0.258. The van der Waals surface area contributed by atoms with Crippen molar-refractivity contribution in [3.63, 3.8) is 0 Å². The Hall–Kier alpha value is -3.39. The molecule has 2 aliphatic heterocycles. The number of ether oxygens (including phenoxy) is 1. The van der Waals surface area contributed by atoms with E-state index in [0.29, 0.717) is 6.61 Å². The van der Waals surface area contributed by atoms with E-state index in [1.807, 2.05) is 38.2 Å². The summed E-state index contributed by atoms with van der Waals surface area (Å²) >= 11 is 0. The van der Waals surface area contributed by atoms with Crippen LogP contribution >= 0.6 is 0 Å². The third-order valence-corrected chi connectivity index (χ3v) is 6.32. The summed E-state index contributed by atoms with van der Waals surface area (Å²) < 4.78 is 14.1. The summed E-state index contributed by atoms with van der Waals surface area (Å²) in [5.74, 6) is 2.53. The zero-order valence-electron chi connectivity index (χ0n) is 17.6. The molecule has 8 nitrogen and oxygen atoms in total.